The first-order valence-corrected chi connectivity index (χ1v) is 10.0. The molecular formula is C17H22N8O3S. The Bertz CT molecular complexity index is 1010. The molecule has 0 aliphatic carbocycles. The fraction of sp³-hybridized carbons (Fsp3) is 0.412. The van der Waals surface area contributed by atoms with Crippen LogP contribution in [0, 0.1) is 0 Å². The highest BCUT2D eigenvalue weighted by molar-refractivity contribution is 7.99. The van der Waals surface area contributed by atoms with Gasteiger partial charge in [-0.05, 0) is 11.8 Å². The van der Waals surface area contributed by atoms with Crippen LogP contribution in [0.2, 0.25) is 0 Å². The van der Waals surface area contributed by atoms with E-state index in [1.165, 1.54) is 12.1 Å². The highest BCUT2D eigenvalue weighted by atomic mass is 32.2. The van der Waals surface area contributed by atoms with E-state index in [0.717, 1.165) is 11.1 Å². The van der Waals surface area contributed by atoms with Gasteiger partial charge in [-0.2, -0.15) is 10.2 Å². The molecule has 0 saturated heterocycles. The third kappa shape index (κ3) is 5.29. The molecule has 3 aromatic heterocycles. The molecule has 0 aliphatic heterocycles. The smallest absolute Gasteiger partial charge is 0.271 e. The summed E-state index contributed by atoms with van der Waals surface area (Å²) in [5.41, 5.74) is 0.468. The third-order valence-corrected chi connectivity index (χ3v) is 4.60. The molecule has 0 aromatic carbocycles. The molecule has 1 amide bonds. The number of aromatic nitrogens is 6. The summed E-state index contributed by atoms with van der Waals surface area (Å²) in [6, 6.07) is 2.63. The summed E-state index contributed by atoms with van der Waals surface area (Å²) >= 11 is 1.54. The summed E-state index contributed by atoms with van der Waals surface area (Å²) in [7, 11) is 1.64. The summed E-state index contributed by atoms with van der Waals surface area (Å²) in [4.78, 5) is 32.3. The largest absolute Gasteiger partial charge is 0.383 e. The maximum Gasteiger partial charge on any atom is 0.271 e. The minimum Gasteiger partial charge on any atom is -0.383 e. The highest BCUT2D eigenvalue weighted by Crippen LogP contribution is 2.24. The lowest BCUT2D eigenvalue weighted by Gasteiger charge is -2.09. The van der Waals surface area contributed by atoms with Crippen LogP contribution in [0.15, 0.2) is 28.3 Å². The lowest BCUT2D eigenvalue weighted by atomic mass is 10.3. The highest BCUT2D eigenvalue weighted by Gasteiger charge is 2.14. The Morgan fingerprint density at radius 2 is 2.17 bits per heavy atom. The van der Waals surface area contributed by atoms with Gasteiger partial charge < -0.3 is 15.4 Å². The third-order valence-electron chi connectivity index (χ3n) is 3.87. The maximum absolute atomic E-state index is 12.1. The lowest BCUT2D eigenvalue weighted by Crippen LogP contribution is -2.29. The van der Waals surface area contributed by atoms with Crippen LogP contribution in [-0.4, -0.2) is 68.4 Å². The van der Waals surface area contributed by atoms with Crippen LogP contribution >= 0.6 is 11.8 Å². The van der Waals surface area contributed by atoms with E-state index >= 15 is 0 Å². The quantitative estimate of drug-likeness (QED) is 0.244. The summed E-state index contributed by atoms with van der Waals surface area (Å²) in [5.74, 6) is 1.17. The van der Waals surface area contributed by atoms with Gasteiger partial charge in [0.15, 0.2) is 10.8 Å². The first kappa shape index (κ1) is 20.7. The summed E-state index contributed by atoms with van der Waals surface area (Å²) < 4.78 is 6.80. The van der Waals surface area contributed by atoms with E-state index in [4.69, 9.17) is 4.74 Å². The summed E-state index contributed by atoms with van der Waals surface area (Å²) in [6.45, 7) is 3.95. The van der Waals surface area contributed by atoms with E-state index in [9.17, 15) is 9.59 Å². The zero-order valence-corrected chi connectivity index (χ0v) is 17.0. The Kier molecular flexibility index (Phi) is 7.14. The number of rotatable bonds is 10. The van der Waals surface area contributed by atoms with Gasteiger partial charge in [-0.15, -0.1) is 0 Å². The van der Waals surface area contributed by atoms with Crippen molar-refractivity contribution in [2.45, 2.75) is 18.6 Å². The zero-order chi connectivity index (χ0) is 20.6. The van der Waals surface area contributed by atoms with Crippen molar-refractivity contribution in [3.63, 3.8) is 0 Å². The Labute approximate surface area is 170 Å². The van der Waals surface area contributed by atoms with Crippen LogP contribution in [0.5, 0.6) is 0 Å². The van der Waals surface area contributed by atoms with Gasteiger partial charge in [-0.3, -0.25) is 9.59 Å². The number of nitrogens with zero attached hydrogens (tertiary/aromatic N) is 5. The van der Waals surface area contributed by atoms with Crippen molar-refractivity contribution in [2.24, 2.45) is 0 Å². The van der Waals surface area contributed by atoms with Gasteiger partial charge >= 0.3 is 0 Å². The van der Waals surface area contributed by atoms with Crippen molar-refractivity contribution in [3.8, 4) is 0 Å². The zero-order valence-electron chi connectivity index (χ0n) is 16.1. The van der Waals surface area contributed by atoms with Crippen molar-refractivity contribution < 1.29 is 9.53 Å². The molecule has 0 unspecified atom stereocenters. The second-order valence-corrected chi connectivity index (χ2v) is 7.11. The molecule has 0 spiro atoms. The van der Waals surface area contributed by atoms with Gasteiger partial charge in [0.2, 0.25) is 0 Å². The number of hydrogen-bond acceptors (Lipinski definition) is 9. The second-order valence-electron chi connectivity index (χ2n) is 5.87. The summed E-state index contributed by atoms with van der Waals surface area (Å²) in [6.07, 6.45) is 1.70. The predicted octanol–water partition coefficient (Wildman–Crippen LogP) is 0.510. The molecule has 0 saturated carbocycles. The molecule has 0 radical (unpaired) electrons. The number of H-pyrrole nitrogens is 1. The molecule has 3 N–H and O–H groups in total. The molecule has 0 bridgehead atoms. The number of anilines is 1. The predicted molar refractivity (Wildman–Crippen MR) is 109 cm³/mol. The molecule has 154 valence electrons. The average Bonchev–Trinajstić information content (AvgIpc) is 3.12. The molecule has 0 aliphatic rings. The molecule has 0 atom stereocenters. The van der Waals surface area contributed by atoms with E-state index in [0.29, 0.717) is 42.9 Å². The van der Waals surface area contributed by atoms with E-state index in [1.807, 2.05) is 6.92 Å². The number of hydrogen-bond donors (Lipinski definition) is 3. The normalized spacial score (nSPS) is 11.0. The molecule has 3 heterocycles. The Hall–Kier alpha value is -2.99. The van der Waals surface area contributed by atoms with Gasteiger partial charge in [-0.25, -0.2) is 19.7 Å². The van der Waals surface area contributed by atoms with Crippen LogP contribution in [0.25, 0.3) is 11.0 Å². The first-order valence-electron chi connectivity index (χ1n) is 9.05. The Morgan fingerprint density at radius 3 is 2.90 bits per heavy atom. The van der Waals surface area contributed by atoms with Crippen LogP contribution in [0.1, 0.15) is 17.4 Å². The monoisotopic (exact) mass is 418 g/mol. The van der Waals surface area contributed by atoms with E-state index in [2.05, 4.69) is 35.9 Å². The van der Waals surface area contributed by atoms with Crippen molar-refractivity contribution in [1.29, 1.82) is 0 Å². The number of aromatic amines is 1. The molecule has 11 nitrogen and oxygen atoms in total. The van der Waals surface area contributed by atoms with Crippen molar-refractivity contribution in [2.75, 3.05) is 37.9 Å². The van der Waals surface area contributed by atoms with E-state index < -0.39 is 0 Å². The van der Waals surface area contributed by atoms with Crippen LogP contribution in [-0.2, 0) is 11.3 Å². The minimum absolute atomic E-state index is 0.142. The number of thioether (sulfide) groups is 1. The van der Waals surface area contributed by atoms with E-state index in [-0.39, 0.29) is 17.2 Å². The minimum atomic E-state index is -0.378. The topological polar surface area (TPSA) is 140 Å². The van der Waals surface area contributed by atoms with Crippen molar-refractivity contribution >= 4 is 34.5 Å². The summed E-state index contributed by atoms with van der Waals surface area (Å²) in [5, 5.41) is 17.8. The van der Waals surface area contributed by atoms with Gasteiger partial charge in [0.25, 0.3) is 11.5 Å². The second kappa shape index (κ2) is 9.98. The SMILES string of the molecule is CCSc1nc(NCCOC)c2cnn(CCNC(=O)c3ccc(=O)[nH]n3)c2n1. The molecule has 12 heteroatoms. The standard InChI is InChI=1S/C17H22N8O3S/c1-3-29-17-21-14(18-7-9-28-2)11-10-20-25(15(11)22-17)8-6-19-16(27)12-4-5-13(26)24-23-12/h4-5,10H,3,6-9H2,1-2H3,(H,19,27)(H,24,26)(H,18,21,22). The fourth-order valence-electron chi connectivity index (χ4n) is 2.54. The molecule has 3 rings (SSSR count). The number of methoxy groups -OCH3 is 1. The number of ether oxygens (including phenoxy) is 1. The molecular weight excluding hydrogens is 396 g/mol. The van der Waals surface area contributed by atoms with Gasteiger partial charge in [-0.1, -0.05) is 18.7 Å². The van der Waals surface area contributed by atoms with Crippen molar-refractivity contribution in [3.05, 3.63) is 34.4 Å². The number of fused-ring (bicyclic) bond motifs is 1. The number of carbonyl (C=O) groups is 1. The van der Waals surface area contributed by atoms with Crippen LogP contribution < -0.4 is 16.2 Å². The van der Waals surface area contributed by atoms with Gasteiger partial charge in [0.1, 0.15) is 11.5 Å². The van der Waals surface area contributed by atoms with Crippen LogP contribution in [0.4, 0.5) is 5.82 Å². The van der Waals surface area contributed by atoms with Gasteiger partial charge in [0, 0.05) is 26.3 Å². The average molecular weight is 418 g/mol. The fourth-order valence-corrected chi connectivity index (χ4v) is 3.10. The van der Waals surface area contributed by atoms with Gasteiger partial charge in [0.05, 0.1) is 24.7 Å². The Morgan fingerprint density at radius 1 is 1.31 bits per heavy atom. The lowest BCUT2D eigenvalue weighted by molar-refractivity contribution is 0.0946. The first-order chi connectivity index (χ1) is 14.1. The Balaban J connectivity index is 1.72. The number of amides is 1. The van der Waals surface area contributed by atoms with Crippen molar-refractivity contribution in [1.82, 2.24) is 35.3 Å². The molecule has 0 fully saturated rings. The van der Waals surface area contributed by atoms with E-state index in [1.54, 1.807) is 29.8 Å². The maximum atomic E-state index is 12.1. The number of nitrogens with one attached hydrogen (secondary N) is 3. The van der Waals surface area contributed by atoms with Crippen LogP contribution in [0.3, 0.4) is 0 Å². The molecule has 29 heavy (non-hydrogen) atoms. The molecule has 3 aromatic rings. The number of carbonyl (C=O) groups excluding carboxylic acids is 1.